The van der Waals surface area contributed by atoms with Gasteiger partial charge in [0.2, 0.25) is 0 Å². The van der Waals surface area contributed by atoms with Gasteiger partial charge in [0.15, 0.2) is 0 Å². The molecule has 0 aromatic heterocycles. The minimum Gasteiger partial charge on any atom is -0.298 e. The number of unbranched alkanes of at least 4 members (excludes halogenated alkanes) is 12. The molecule has 2 aromatic rings. The van der Waals surface area contributed by atoms with Gasteiger partial charge in [-0.15, -0.1) is 0 Å². The number of carbonyl (C=O) groups is 1. The van der Waals surface area contributed by atoms with E-state index in [0.717, 1.165) is 11.8 Å². The molecule has 1 nitrogen and oxygen atoms in total. The number of benzene rings is 2. The van der Waals surface area contributed by atoms with Crippen LogP contribution in [0.3, 0.4) is 0 Å². The van der Waals surface area contributed by atoms with E-state index in [0.29, 0.717) is 0 Å². The summed E-state index contributed by atoms with van der Waals surface area (Å²) in [5, 5.41) is 0. The maximum absolute atomic E-state index is 11.7. The molecular weight excluding hydrogens is 527 g/mol. The number of rotatable bonds is 17. The molecule has 1 aliphatic carbocycles. The Hall–Kier alpha value is -1.16. The first-order valence-electron chi connectivity index (χ1n) is 14.1. The molecular formula is C32H45IO. The Balaban J connectivity index is 1.81. The molecule has 2 heteroatoms. The van der Waals surface area contributed by atoms with Gasteiger partial charge in [-0.05, 0) is 75.9 Å². The van der Waals surface area contributed by atoms with Crippen LogP contribution in [0.1, 0.15) is 138 Å². The van der Waals surface area contributed by atoms with Crippen LogP contribution in [-0.2, 0) is 5.41 Å². The molecule has 2 aromatic carbocycles. The number of hydrogen-bond donors (Lipinski definition) is 0. The highest BCUT2D eigenvalue weighted by molar-refractivity contribution is 14.1. The maximum atomic E-state index is 11.7. The largest absolute Gasteiger partial charge is 0.298 e. The molecule has 0 N–H and O–H groups in total. The molecule has 0 heterocycles. The summed E-state index contributed by atoms with van der Waals surface area (Å²) in [5.41, 5.74) is 6.60. The molecule has 186 valence electrons. The predicted molar refractivity (Wildman–Crippen MR) is 156 cm³/mol. The molecule has 1 aliphatic rings. The van der Waals surface area contributed by atoms with Gasteiger partial charge in [-0.2, -0.15) is 0 Å². The molecule has 0 unspecified atom stereocenters. The molecule has 0 saturated heterocycles. The second kappa shape index (κ2) is 14.4. The number of halogens is 1. The van der Waals surface area contributed by atoms with Crippen molar-refractivity contribution in [2.45, 2.75) is 122 Å². The van der Waals surface area contributed by atoms with Crippen molar-refractivity contribution in [3.8, 4) is 11.1 Å². The standard InChI is InChI=1S/C32H45IO/c1-3-5-7-9-11-13-15-21-32(22-16-14-12-10-8-6-4-2)30-23-26(25-34)17-19-28(30)29-20-18-27(33)24-31(29)32/h17-20,23-25H,3-16,21-22H2,1-2H3. The van der Waals surface area contributed by atoms with Crippen LogP contribution < -0.4 is 0 Å². The first-order chi connectivity index (χ1) is 16.7. The Kier molecular flexibility index (Phi) is 11.6. The van der Waals surface area contributed by atoms with Crippen LogP contribution in [-0.4, -0.2) is 6.29 Å². The third kappa shape index (κ3) is 6.95. The van der Waals surface area contributed by atoms with E-state index in [1.54, 1.807) is 0 Å². The minimum absolute atomic E-state index is 0.0672. The Morgan fingerprint density at radius 1 is 0.647 bits per heavy atom. The van der Waals surface area contributed by atoms with Crippen molar-refractivity contribution in [2.75, 3.05) is 0 Å². The summed E-state index contributed by atoms with van der Waals surface area (Å²) in [4.78, 5) is 11.7. The molecule has 3 rings (SSSR count). The monoisotopic (exact) mass is 572 g/mol. The van der Waals surface area contributed by atoms with Crippen LogP contribution in [0.2, 0.25) is 0 Å². The Labute approximate surface area is 222 Å². The molecule has 0 aliphatic heterocycles. The Morgan fingerprint density at radius 3 is 1.65 bits per heavy atom. The lowest BCUT2D eigenvalue weighted by Gasteiger charge is -2.33. The lowest BCUT2D eigenvalue weighted by atomic mass is 9.70. The van der Waals surface area contributed by atoms with Gasteiger partial charge in [0.05, 0.1) is 0 Å². The highest BCUT2D eigenvalue weighted by atomic mass is 127. The van der Waals surface area contributed by atoms with Crippen molar-refractivity contribution < 1.29 is 4.79 Å². The smallest absolute Gasteiger partial charge is 0.150 e. The van der Waals surface area contributed by atoms with Crippen molar-refractivity contribution in [3.63, 3.8) is 0 Å². The summed E-state index contributed by atoms with van der Waals surface area (Å²) < 4.78 is 1.32. The van der Waals surface area contributed by atoms with E-state index < -0.39 is 0 Å². The summed E-state index contributed by atoms with van der Waals surface area (Å²) in [6.45, 7) is 4.58. The predicted octanol–water partition coefficient (Wildman–Crippen LogP) is 10.7. The maximum Gasteiger partial charge on any atom is 0.150 e. The van der Waals surface area contributed by atoms with E-state index in [-0.39, 0.29) is 5.41 Å². The van der Waals surface area contributed by atoms with E-state index in [1.165, 1.54) is 129 Å². The number of aldehydes is 1. The van der Waals surface area contributed by atoms with Crippen LogP contribution >= 0.6 is 22.6 Å². The average Bonchev–Trinajstić information content (AvgIpc) is 3.11. The summed E-state index contributed by atoms with van der Waals surface area (Å²) >= 11 is 2.47. The van der Waals surface area contributed by atoms with Crippen molar-refractivity contribution in [2.24, 2.45) is 0 Å². The van der Waals surface area contributed by atoms with Crippen molar-refractivity contribution >= 4 is 28.9 Å². The quantitative estimate of drug-likeness (QED) is 0.105. The first-order valence-corrected chi connectivity index (χ1v) is 15.1. The molecule has 34 heavy (non-hydrogen) atoms. The zero-order valence-corrected chi connectivity index (χ0v) is 23.8. The first kappa shape index (κ1) is 27.4. The van der Waals surface area contributed by atoms with Crippen molar-refractivity contribution in [1.82, 2.24) is 0 Å². The molecule has 0 bridgehead atoms. The van der Waals surface area contributed by atoms with E-state index in [4.69, 9.17) is 0 Å². The topological polar surface area (TPSA) is 17.1 Å². The number of fused-ring (bicyclic) bond motifs is 3. The number of carbonyl (C=O) groups excluding carboxylic acids is 1. The molecule has 0 spiro atoms. The van der Waals surface area contributed by atoms with Crippen LogP contribution in [0, 0.1) is 3.57 Å². The highest BCUT2D eigenvalue weighted by Gasteiger charge is 2.42. The second-order valence-corrected chi connectivity index (χ2v) is 11.7. The zero-order chi connectivity index (χ0) is 24.2. The molecule has 0 radical (unpaired) electrons. The lowest BCUT2D eigenvalue weighted by molar-refractivity contribution is 0.112. The lowest BCUT2D eigenvalue weighted by Crippen LogP contribution is -2.26. The van der Waals surface area contributed by atoms with Crippen molar-refractivity contribution in [3.05, 3.63) is 56.7 Å². The number of hydrogen-bond acceptors (Lipinski definition) is 1. The molecule has 0 amide bonds. The van der Waals surface area contributed by atoms with Gasteiger partial charge in [-0.3, -0.25) is 4.79 Å². The van der Waals surface area contributed by atoms with Crippen LogP contribution in [0.15, 0.2) is 36.4 Å². The van der Waals surface area contributed by atoms with Gasteiger partial charge in [0.1, 0.15) is 6.29 Å². The van der Waals surface area contributed by atoms with Crippen LogP contribution in [0.5, 0.6) is 0 Å². The van der Waals surface area contributed by atoms with Gasteiger partial charge in [-0.25, -0.2) is 0 Å². The van der Waals surface area contributed by atoms with Gasteiger partial charge in [-0.1, -0.05) is 122 Å². The average molecular weight is 573 g/mol. The van der Waals surface area contributed by atoms with Crippen LogP contribution in [0.4, 0.5) is 0 Å². The van der Waals surface area contributed by atoms with E-state index in [9.17, 15) is 4.79 Å². The fraction of sp³-hybridized carbons (Fsp3) is 0.594. The summed E-state index contributed by atoms with van der Waals surface area (Å²) in [5.74, 6) is 0. The molecule has 0 atom stereocenters. The second-order valence-electron chi connectivity index (χ2n) is 10.4. The molecule has 0 saturated carbocycles. The summed E-state index contributed by atoms with van der Waals surface area (Å²) in [6.07, 6.45) is 22.2. The van der Waals surface area contributed by atoms with Gasteiger partial charge in [0.25, 0.3) is 0 Å². The summed E-state index contributed by atoms with van der Waals surface area (Å²) in [6, 6.07) is 13.5. The van der Waals surface area contributed by atoms with Gasteiger partial charge < -0.3 is 0 Å². The Bertz CT molecular complexity index is 882. The van der Waals surface area contributed by atoms with E-state index in [1.807, 2.05) is 6.07 Å². The zero-order valence-electron chi connectivity index (χ0n) is 21.6. The van der Waals surface area contributed by atoms with E-state index in [2.05, 4.69) is 66.8 Å². The fourth-order valence-electron chi connectivity index (χ4n) is 5.99. The normalized spacial score (nSPS) is 13.6. The van der Waals surface area contributed by atoms with E-state index >= 15 is 0 Å². The Morgan fingerprint density at radius 2 is 1.12 bits per heavy atom. The molecule has 0 fully saturated rings. The fourth-order valence-corrected chi connectivity index (χ4v) is 6.48. The van der Waals surface area contributed by atoms with Crippen molar-refractivity contribution in [1.29, 1.82) is 0 Å². The summed E-state index contributed by atoms with van der Waals surface area (Å²) in [7, 11) is 0. The highest BCUT2D eigenvalue weighted by Crippen LogP contribution is 2.54. The SMILES string of the molecule is CCCCCCCCCC1(CCCCCCCCC)c2cc(I)ccc2-c2ccc(C=O)cc21. The third-order valence-electron chi connectivity index (χ3n) is 7.90. The van der Waals surface area contributed by atoms with Gasteiger partial charge in [0, 0.05) is 14.5 Å². The van der Waals surface area contributed by atoms with Crippen LogP contribution in [0.25, 0.3) is 11.1 Å². The minimum atomic E-state index is 0.0672. The van der Waals surface area contributed by atoms with Gasteiger partial charge >= 0.3 is 0 Å². The third-order valence-corrected chi connectivity index (χ3v) is 8.57.